The highest BCUT2D eigenvalue weighted by Crippen LogP contribution is 2.24. The number of nitrogen functional groups attached to an aromatic ring is 1. The monoisotopic (exact) mass is 288 g/mol. The number of aromatic nitrogens is 3. The van der Waals surface area contributed by atoms with E-state index in [2.05, 4.69) is 32.7 Å². The van der Waals surface area contributed by atoms with E-state index >= 15 is 0 Å². The van der Waals surface area contributed by atoms with Crippen molar-refractivity contribution in [2.24, 2.45) is 7.05 Å². The van der Waals surface area contributed by atoms with Crippen LogP contribution in [-0.2, 0) is 7.05 Å². The quantitative estimate of drug-likeness (QED) is 0.747. The first-order valence-corrected chi connectivity index (χ1v) is 4.93. The van der Waals surface area contributed by atoms with Crippen molar-refractivity contribution in [1.29, 1.82) is 0 Å². The lowest BCUT2D eigenvalue weighted by molar-refractivity contribution is 0.787. The van der Waals surface area contributed by atoms with Gasteiger partial charge in [0.1, 0.15) is 9.52 Å². The summed E-state index contributed by atoms with van der Waals surface area (Å²) in [5.41, 5.74) is 7.76. The van der Waals surface area contributed by atoms with Gasteiger partial charge in [-0.25, -0.2) is 4.98 Å². The number of rotatable bonds is 0. The Morgan fingerprint density at radius 1 is 1.54 bits per heavy atom. The molecule has 0 aliphatic carbocycles. The normalized spacial score (nSPS) is 11.0. The van der Waals surface area contributed by atoms with Gasteiger partial charge in [-0.15, -0.1) is 0 Å². The highest BCUT2D eigenvalue weighted by Gasteiger charge is 2.10. The molecule has 0 saturated heterocycles. The third kappa shape index (κ3) is 1.27. The molecule has 0 aromatic carbocycles. The SMILES string of the molecule is Cc1cc2c(c(N)n1)c(I)nn2C. The maximum absolute atomic E-state index is 5.80. The molecule has 0 radical (unpaired) electrons. The van der Waals surface area contributed by atoms with E-state index in [0.29, 0.717) is 5.82 Å². The third-order valence-corrected chi connectivity index (χ3v) is 2.70. The molecule has 13 heavy (non-hydrogen) atoms. The van der Waals surface area contributed by atoms with E-state index in [1.165, 1.54) is 0 Å². The van der Waals surface area contributed by atoms with Crippen LogP contribution < -0.4 is 5.73 Å². The Morgan fingerprint density at radius 3 is 2.92 bits per heavy atom. The number of halogens is 1. The largest absolute Gasteiger partial charge is 0.383 e. The lowest BCUT2D eigenvalue weighted by Crippen LogP contribution is -1.95. The van der Waals surface area contributed by atoms with Crippen LogP contribution in [0.3, 0.4) is 0 Å². The van der Waals surface area contributed by atoms with Crippen LogP contribution in [0.2, 0.25) is 0 Å². The predicted molar refractivity (Wildman–Crippen MR) is 60.4 cm³/mol. The molecule has 4 nitrogen and oxygen atoms in total. The van der Waals surface area contributed by atoms with Crippen molar-refractivity contribution in [1.82, 2.24) is 14.8 Å². The minimum Gasteiger partial charge on any atom is -0.383 e. The van der Waals surface area contributed by atoms with E-state index < -0.39 is 0 Å². The summed E-state index contributed by atoms with van der Waals surface area (Å²) in [5, 5.41) is 5.23. The summed E-state index contributed by atoms with van der Waals surface area (Å²) >= 11 is 2.16. The maximum atomic E-state index is 5.80. The minimum atomic E-state index is 0.563. The summed E-state index contributed by atoms with van der Waals surface area (Å²) in [5.74, 6) is 0.563. The average molecular weight is 288 g/mol. The molecule has 2 heterocycles. The van der Waals surface area contributed by atoms with Gasteiger partial charge in [-0.2, -0.15) is 5.10 Å². The number of hydrogen-bond acceptors (Lipinski definition) is 3. The van der Waals surface area contributed by atoms with Crippen molar-refractivity contribution in [2.45, 2.75) is 6.92 Å². The van der Waals surface area contributed by atoms with Crippen LogP contribution in [0, 0.1) is 10.6 Å². The van der Waals surface area contributed by atoms with Gasteiger partial charge in [0.2, 0.25) is 0 Å². The second-order valence-electron chi connectivity index (χ2n) is 2.96. The van der Waals surface area contributed by atoms with Crippen molar-refractivity contribution in [2.75, 3.05) is 5.73 Å². The van der Waals surface area contributed by atoms with E-state index in [1.807, 2.05) is 24.7 Å². The molecular weight excluding hydrogens is 279 g/mol. The molecule has 0 spiro atoms. The van der Waals surface area contributed by atoms with E-state index in [4.69, 9.17) is 5.73 Å². The number of anilines is 1. The van der Waals surface area contributed by atoms with Gasteiger partial charge in [0.25, 0.3) is 0 Å². The molecule has 0 saturated carbocycles. The van der Waals surface area contributed by atoms with Gasteiger partial charge in [-0.3, -0.25) is 4.68 Å². The zero-order chi connectivity index (χ0) is 9.59. The molecule has 68 valence electrons. The Bertz CT molecular complexity index is 474. The average Bonchev–Trinajstić information content (AvgIpc) is 2.27. The van der Waals surface area contributed by atoms with Gasteiger partial charge in [-0.05, 0) is 35.6 Å². The van der Waals surface area contributed by atoms with Crippen molar-refractivity contribution < 1.29 is 0 Å². The summed E-state index contributed by atoms with van der Waals surface area (Å²) in [6.45, 7) is 1.93. The molecular formula is C8H9IN4. The van der Waals surface area contributed by atoms with E-state index in [1.54, 1.807) is 0 Å². The number of fused-ring (bicyclic) bond motifs is 1. The number of nitrogens with two attached hydrogens (primary N) is 1. The molecule has 0 aliphatic rings. The summed E-state index contributed by atoms with van der Waals surface area (Å²) in [6.07, 6.45) is 0. The highest BCUT2D eigenvalue weighted by molar-refractivity contribution is 14.1. The van der Waals surface area contributed by atoms with E-state index in [0.717, 1.165) is 20.3 Å². The standard InChI is InChI=1S/C8H9IN4/c1-4-3-5-6(8(10)11-4)7(9)12-13(5)2/h3H,1-2H3,(H2,10,11). The first-order chi connectivity index (χ1) is 6.09. The van der Waals surface area contributed by atoms with Crippen LogP contribution in [0.4, 0.5) is 5.82 Å². The number of hydrogen-bond donors (Lipinski definition) is 1. The van der Waals surface area contributed by atoms with Crippen molar-refractivity contribution in [3.8, 4) is 0 Å². The van der Waals surface area contributed by atoms with Gasteiger partial charge in [0, 0.05) is 12.7 Å². The molecule has 2 aromatic rings. The smallest absolute Gasteiger partial charge is 0.135 e. The molecule has 0 atom stereocenters. The molecule has 2 aromatic heterocycles. The minimum absolute atomic E-state index is 0.563. The van der Waals surface area contributed by atoms with Gasteiger partial charge in [0.05, 0.1) is 10.9 Å². The Labute approximate surface area is 89.3 Å². The Hall–Kier alpha value is -0.850. The first kappa shape index (κ1) is 8.74. The molecule has 0 fully saturated rings. The van der Waals surface area contributed by atoms with Gasteiger partial charge in [-0.1, -0.05) is 0 Å². The van der Waals surface area contributed by atoms with Crippen LogP contribution >= 0.6 is 22.6 Å². The number of aryl methyl sites for hydroxylation is 2. The molecule has 5 heteroatoms. The Balaban J connectivity index is 2.97. The lowest BCUT2D eigenvalue weighted by atomic mass is 10.3. The summed E-state index contributed by atoms with van der Waals surface area (Å²) in [7, 11) is 1.91. The predicted octanol–water partition coefficient (Wildman–Crippen LogP) is 1.46. The van der Waals surface area contributed by atoms with Gasteiger partial charge in [0.15, 0.2) is 0 Å². The fourth-order valence-electron chi connectivity index (χ4n) is 1.38. The highest BCUT2D eigenvalue weighted by atomic mass is 127. The molecule has 2 N–H and O–H groups in total. The molecule has 0 amide bonds. The van der Waals surface area contributed by atoms with Gasteiger partial charge < -0.3 is 5.73 Å². The van der Waals surface area contributed by atoms with Gasteiger partial charge >= 0.3 is 0 Å². The zero-order valence-electron chi connectivity index (χ0n) is 7.37. The van der Waals surface area contributed by atoms with E-state index in [9.17, 15) is 0 Å². The Morgan fingerprint density at radius 2 is 2.23 bits per heavy atom. The molecule has 0 unspecified atom stereocenters. The summed E-state index contributed by atoms with van der Waals surface area (Å²) in [6, 6.07) is 1.99. The second kappa shape index (κ2) is 2.83. The van der Waals surface area contributed by atoms with Crippen LogP contribution in [0.1, 0.15) is 5.69 Å². The first-order valence-electron chi connectivity index (χ1n) is 3.85. The van der Waals surface area contributed by atoms with Crippen molar-refractivity contribution in [3.05, 3.63) is 15.5 Å². The molecule has 0 aliphatic heterocycles. The van der Waals surface area contributed by atoms with E-state index in [-0.39, 0.29) is 0 Å². The fraction of sp³-hybridized carbons (Fsp3) is 0.250. The van der Waals surface area contributed by atoms with Crippen molar-refractivity contribution >= 4 is 39.3 Å². The van der Waals surface area contributed by atoms with Crippen LogP contribution in [0.5, 0.6) is 0 Å². The lowest BCUT2D eigenvalue weighted by Gasteiger charge is -1.98. The summed E-state index contributed by atoms with van der Waals surface area (Å²) < 4.78 is 2.72. The topological polar surface area (TPSA) is 56.7 Å². The van der Waals surface area contributed by atoms with Crippen LogP contribution in [0.25, 0.3) is 10.9 Å². The van der Waals surface area contributed by atoms with Crippen LogP contribution in [0.15, 0.2) is 6.07 Å². The number of nitrogens with zero attached hydrogens (tertiary/aromatic N) is 3. The Kier molecular flexibility index (Phi) is 1.90. The molecule has 2 rings (SSSR count). The maximum Gasteiger partial charge on any atom is 0.135 e. The zero-order valence-corrected chi connectivity index (χ0v) is 9.53. The summed E-state index contributed by atoms with van der Waals surface area (Å²) in [4.78, 5) is 4.20. The molecule has 0 bridgehead atoms. The van der Waals surface area contributed by atoms with Crippen LogP contribution in [-0.4, -0.2) is 14.8 Å². The second-order valence-corrected chi connectivity index (χ2v) is 3.98. The fourth-order valence-corrected chi connectivity index (χ4v) is 2.26. The number of pyridine rings is 1. The van der Waals surface area contributed by atoms with Crippen molar-refractivity contribution in [3.63, 3.8) is 0 Å². The third-order valence-electron chi connectivity index (χ3n) is 1.95.